The van der Waals surface area contributed by atoms with Crippen molar-refractivity contribution in [3.05, 3.63) is 83.8 Å². The third-order valence-corrected chi connectivity index (χ3v) is 6.68. The van der Waals surface area contributed by atoms with Crippen LogP contribution in [0.15, 0.2) is 61.7 Å². The number of nitrogens with one attached hydrogen (secondary N) is 2. The van der Waals surface area contributed by atoms with E-state index in [-0.39, 0.29) is 34.9 Å². The van der Waals surface area contributed by atoms with E-state index in [4.69, 9.17) is 16.3 Å². The first-order chi connectivity index (χ1) is 17.5. The predicted octanol–water partition coefficient (Wildman–Crippen LogP) is 5.36. The van der Waals surface area contributed by atoms with Gasteiger partial charge in [-0.2, -0.15) is 0 Å². The molecule has 0 unspecified atom stereocenters. The Bertz CT molecular complexity index is 1400. The first-order valence-corrected chi connectivity index (χ1v) is 11.9. The molecule has 10 heteroatoms. The van der Waals surface area contributed by atoms with E-state index in [2.05, 4.69) is 31.8 Å². The van der Waals surface area contributed by atoms with Gasteiger partial charge in [0.05, 0.1) is 16.8 Å². The van der Waals surface area contributed by atoms with Gasteiger partial charge in [0, 0.05) is 25.5 Å². The second kappa shape index (κ2) is 10.3. The fourth-order valence-electron chi connectivity index (χ4n) is 4.45. The number of fused-ring (bicyclic) bond motifs is 1. The summed E-state index contributed by atoms with van der Waals surface area (Å²) < 4.78 is 20.9. The van der Waals surface area contributed by atoms with Crippen molar-refractivity contribution in [1.82, 2.24) is 24.8 Å². The van der Waals surface area contributed by atoms with Crippen LogP contribution in [0.2, 0.25) is 5.02 Å². The van der Waals surface area contributed by atoms with E-state index in [0.29, 0.717) is 30.2 Å². The fraction of sp³-hybridized carbons (Fsp3) is 0.231. The summed E-state index contributed by atoms with van der Waals surface area (Å²) in [7, 11) is 0. The van der Waals surface area contributed by atoms with Gasteiger partial charge in [-0.1, -0.05) is 24.2 Å². The molecule has 1 aliphatic rings. The van der Waals surface area contributed by atoms with E-state index in [1.807, 2.05) is 24.4 Å². The van der Waals surface area contributed by atoms with Crippen LogP contribution in [0.5, 0.6) is 5.75 Å². The third-order valence-electron chi connectivity index (χ3n) is 6.32. The van der Waals surface area contributed by atoms with Crippen LogP contribution in [0.25, 0.3) is 11.0 Å². The van der Waals surface area contributed by atoms with Crippen molar-refractivity contribution in [1.29, 1.82) is 0 Å². The molecule has 1 saturated heterocycles. The van der Waals surface area contributed by atoms with Gasteiger partial charge in [-0.05, 0) is 54.7 Å². The largest absolute Gasteiger partial charge is 0.486 e. The number of carbonyl (C=O) groups is 1. The number of ether oxygens (including phenoxy) is 1. The molecule has 36 heavy (non-hydrogen) atoms. The lowest BCUT2D eigenvalue weighted by Gasteiger charge is -2.31. The standard InChI is InChI=1S/C26H24ClFN6O2/c1-2-21(35)34-11-8-16(9-12-34)18-13-30-25-22(18)26(32-15-31-25)33-19-6-7-20(23(27)24(19)28)36-14-17-5-3-4-10-29-17/h2-7,10,13,15-16H,1,8-9,11-12,14H2,(H2,30,31,32,33). The molecule has 1 aliphatic heterocycles. The summed E-state index contributed by atoms with van der Waals surface area (Å²) in [6.07, 6.45) is 7.93. The highest BCUT2D eigenvalue weighted by molar-refractivity contribution is 6.32. The zero-order chi connectivity index (χ0) is 25.1. The first-order valence-electron chi connectivity index (χ1n) is 11.6. The van der Waals surface area contributed by atoms with Crippen LogP contribution in [0.1, 0.15) is 30.0 Å². The number of benzene rings is 1. The van der Waals surface area contributed by atoms with Gasteiger partial charge in [0.25, 0.3) is 0 Å². The highest BCUT2D eigenvalue weighted by Gasteiger charge is 2.26. The highest BCUT2D eigenvalue weighted by atomic mass is 35.5. The van der Waals surface area contributed by atoms with Gasteiger partial charge in [0.1, 0.15) is 35.2 Å². The van der Waals surface area contributed by atoms with Crippen LogP contribution >= 0.6 is 11.6 Å². The molecule has 184 valence electrons. The van der Waals surface area contributed by atoms with E-state index >= 15 is 4.39 Å². The molecule has 1 amide bonds. The van der Waals surface area contributed by atoms with Gasteiger partial charge in [-0.15, -0.1) is 0 Å². The summed E-state index contributed by atoms with van der Waals surface area (Å²) in [6.45, 7) is 5.02. The predicted molar refractivity (Wildman–Crippen MR) is 136 cm³/mol. The Hall–Kier alpha value is -3.98. The minimum atomic E-state index is -0.643. The number of hydrogen-bond acceptors (Lipinski definition) is 6. The Kier molecular flexibility index (Phi) is 6.81. The number of amides is 1. The minimum Gasteiger partial charge on any atom is -0.486 e. The molecular weight excluding hydrogens is 483 g/mol. The summed E-state index contributed by atoms with van der Waals surface area (Å²) in [5.74, 6) is 0.197. The Morgan fingerprint density at radius 3 is 2.83 bits per heavy atom. The van der Waals surface area contributed by atoms with Crippen LogP contribution in [0.3, 0.4) is 0 Å². The molecule has 5 rings (SSSR count). The SMILES string of the molecule is C=CC(=O)N1CCC(c2c[nH]c3ncnc(Nc4ccc(OCc5ccccn5)c(Cl)c4F)c23)CC1. The molecule has 4 aromatic rings. The Balaban J connectivity index is 1.37. The number of pyridine rings is 1. The number of H-pyrrole nitrogens is 1. The zero-order valence-electron chi connectivity index (χ0n) is 19.4. The molecule has 2 N–H and O–H groups in total. The molecular formula is C26H24ClFN6O2. The fourth-order valence-corrected chi connectivity index (χ4v) is 4.67. The molecule has 1 fully saturated rings. The Labute approximate surface area is 212 Å². The number of likely N-dealkylation sites (tertiary alicyclic amines) is 1. The summed E-state index contributed by atoms with van der Waals surface area (Å²) in [4.78, 5) is 29.8. The maximum Gasteiger partial charge on any atom is 0.245 e. The topological polar surface area (TPSA) is 96.0 Å². The number of hydrogen-bond donors (Lipinski definition) is 2. The normalized spacial score (nSPS) is 14.1. The van der Waals surface area contributed by atoms with Gasteiger partial charge in [-0.25, -0.2) is 14.4 Å². The molecule has 3 aromatic heterocycles. The van der Waals surface area contributed by atoms with Crippen molar-refractivity contribution in [2.24, 2.45) is 0 Å². The van der Waals surface area contributed by atoms with Gasteiger partial charge >= 0.3 is 0 Å². The molecule has 0 radical (unpaired) electrons. The highest BCUT2D eigenvalue weighted by Crippen LogP contribution is 2.38. The lowest BCUT2D eigenvalue weighted by molar-refractivity contribution is -0.127. The van der Waals surface area contributed by atoms with Crippen molar-refractivity contribution in [3.8, 4) is 5.75 Å². The number of halogens is 2. The van der Waals surface area contributed by atoms with Gasteiger partial charge in [0.2, 0.25) is 5.91 Å². The Morgan fingerprint density at radius 2 is 2.08 bits per heavy atom. The van der Waals surface area contributed by atoms with Crippen molar-refractivity contribution < 1.29 is 13.9 Å². The lowest BCUT2D eigenvalue weighted by atomic mass is 9.89. The third kappa shape index (κ3) is 4.74. The summed E-state index contributed by atoms with van der Waals surface area (Å²) in [6, 6.07) is 8.65. The molecule has 0 atom stereocenters. The maximum absolute atomic E-state index is 15.2. The summed E-state index contributed by atoms with van der Waals surface area (Å²) in [5.41, 5.74) is 2.55. The maximum atomic E-state index is 15.2. The summed E-state index contributed by atoms with van der Waals surface area (Å²) in [5, 5.41) is 3.74. The summed E-state index contributed by atoms with van der Waals surface area (Å²) >= 11 is 6.29. The van der Waals surface area contributed by atoms with E-state index in [1.54, 1.807) is 23.2 Å². The number of nitrogens with zero attached hydrogens (tertiary/aromatic N) is 4. The Morgan fingerprint density at radius 1 is 1.25 bits per heavy atom. The van der Waals surface area contributed by atoms with E-state index in [9.17, 15) is 4.79 Å². The van der Waals surface area contributed by atoms with E-state index in [1.165, 1.54) is 12.4 Å². The van der Waals surface area contributed by atoms with Crippen molar-refractivity contribution in [2.45, 2.75) is 25.4 Å². The number of rotatable bonds is 7. The number of anilines is 2. The van der Waals surface area contributed by atoms with Gasteiger partial charge in [-0.3, -0.25) is 9.78 Å². The number of carbonyl (C=O) groups excluding carboxylic acids is 1. The lowest BCUT2D eigenvalue weighted by Crippen LogP contribution is -2.36. The van der Waals surface area contributed by atoms with E-state index in [0.717, 1.165) is 23.8 Å². The molecule has 0 aliphatic carbocycles. The molecule has 8 nitrogen and oxygen atoms in total. The van der Waals surface area contributed by atoms with Crippen LogP contribution in [0, 0.1) is 5.82 Å². The van der Waals surface area contributed by atoms with Crippen LogP contribution in [0.4, 0.5) is 15.9 Å². The average molecular weight is 507 g/mol. The minimum absolute atomic E-state index is 0.0575. The molecule has 4 heterocycles. The van der Waals surface area contributed by atoms with Crippen molar-refractivity contribution >= 4 is 40.0 Å². The number of piperidine rings is 1. The molecule has 1 aromatic carbocycles. The molecule has 0 bridgehead atoms. The first kappa shape index (κ1) is 23.7. The van der Waals surface area contributed by atoms with Crippen LogP contribution < -0.4 is 10.1 Å². The molecule has 0 saturated carbocycles. The average Bonchev–Trinajstić information content (AvgIpc) is 3.36. The quantitative estimate of drug-likeness (QED) is 0.328. The smallest absolute Gasteiger partial charge is 0.245 e. The number of aromatic amines is 1. The van der Waals surface area contributed by atoms with Crippen molar-refractivity contribution in [3.63, 3.8) is 0 Å². The van der Waals surface area contributed by atoms with Gasteiger partial charge in [0.15, 0.2) is 5.82 Å². The zero-order valence-corrected chi connectivity index (χ0v) is 20.1. The van der Waals surface area contributed by atoms with Crippen LogP contribution in [-0.4, -0.2) is 43.8 Å². The number of aromatic nitrogens is 4. The molecule has 0 spiro atoms. The van der Waals surface area contributed by atoms with Gasteiger partial charge < -0.3 is 19.9 Å². The monoisotopic (exact) mass is 506 g/mol. The van der Waals surface area contributed by atoms with Crippen molar-refractivity contribution in [2.75, 3.05) is 18.4 Å². The van der Waals surface area contributed by atoms with Crippen LogP contribution in [-0.2, 0) is 11.4 Å². The van der Waals surface area contributed by atoms with E-state index < -0.39 is 5.82 Å². The second-order valence-electron chi connectivity index (χ2n) is 8.47. The second-order valence-corrected chi connectivity index (χ2v) is 8.85.